The second kappa shape index (κ2) is 4.38. The minimum Gasteiger partial charge on any atom is -0.224 e. The fraction of sp³-hybridized carbons (Fsp3) is 0.154. The summed E-state index contributed by atoms with van der Waals surface area (Å²) in [4.78, 5) is 8.32. The molecule has 0 bridgehead atoms. The molecule has 0 unspecified atom stereocenters. The lowest BCUT2D eigenvalue weighted by atomic mass is 10.2. The predicted molar refractivity (Wildman–Crippen MR) is 71.0 cm³/mol. The van der Waals surface area contributed by atoms with Crippen LogP contribution in [0.15, 0.2) is 36.8 Å². The van der Waals surface area contributed by atoms with Gasteiger partial charge >= 0.3 is 0 Å². The molecule has 0 N–H and O–H groups in total. The van der Waals surface area contributed by atoms with Gasteiger partial charge in [-0.15, -0.1) is 0 Å². The monoisotopic (exact) mass is 258 g/mol. The molecule has 2 aromatic heterocycles. The number of halogens is 1. The fourth-order valence-electron chi connectivity index (χ4n) is 2.01. The number of benzene rings is 1. The molecule has 3 aromatic rings. The zero-order chi connectivity index (χ0) is 12.5. The zero-order valence-electron chi connectivity index (χ0n) is 9.84. The summed E-state index contributed by atoms with van der Waals surface area (Å²) >= 11 is 6.11. The van der Waals surface area contributed by atoms with Crippen molar-refractivity contribution in [2.45, 2.75) is 13.3 Å². The molecule has 0 radical (unpaired) electrons. The van der Waals surface area contributed by atoms with Gasteiger partial charge in [-0.3, -0.25) is 0 Å². The maximum atomic E-state index is 6.11. The van der Waals surface area contributed by atoms with Crippen LogP contribution in [-0.4, -0.2) is 19.7 Å². The normalized spacial score (nSPS) is 11.0. The Morgan fingerprint density at radius 2 is 2.06 bits per heavy atom. The first-order valence-electron chi connectivity index (χ1n) is 5.73. The lowest BCUT2D eigenvalue weighted by molar-refractivity contribution is 0.841. The van der Waals surface area contributed by atoms with Crippen LogP contribution < -0.4 is 0 Å². The van der Waals surface area contributed by atoms with E-state index in [0.717, 1.165) is 28.7 Å². The van der Waals surface area contributed by atoms with Crippen LogP contribution in [0.5, 0.6) is 0 Å². The standard InChI is InChI=1S/C13H11ClN4/c1-2-10-12(14)15-8-16-13(10)18-11-6-4-3-5-9(11)7-17-18/h3-8H,2H2,1H3. The minimum atomic E-state index is 0.488. The van der Waals surface area contributed by atoms with Crippen LogP contribution in [0.4, 0.5) is 0 Å². The van der Waals surface area contributed by atoms with E-state index >= 15 is 0 Å². The van der Waals surface area contributed by atoms with Crippen molar-refractivity contribution in [1.29, 1.82) is 0 Å². The molecule has 3 rings (SSSR count). The van der Waals surface area contributed by atoms with Crippen LogP contribution in [0, 0.1) is 0 Å². The first kappa shape index (κ1) is 11.2. The van der Waals surface area contributed by atoms with Crippen molar-refractivity contribution in [3.8, 4) is 5.82 Å². The fourth-order valence-corrected chi connectivity index (χ4v) is 2.27. The molecule has 0 amide bonds. The van der Waals surface area contributed by atoms with E-state index in [0.29, 0.717) is 5.15 Å². The van der Waals surface area contributed by atoms with Crippen molar-refractivity contribution in [2.24, 2.45) is 0 Å². The van der Waals surface area contributed by atoms with Gasteiger partial charge in [0, 0.05) is 10.9 Å². The van der Waals surface area contributed by atoms with Gasteiger partial charge in [-0.25, -0.2) is 14.6 Å². The second-order valence-electron chi connectivity index (χ2n) is 3.94. The van der Waals surface area contributed by atoms with Gasteiger partial charge in [-0.05, 0) is 12.5 Å². The third kappa shape index (κ3) is 1.66. The topological polar surface area (TPSA) is 43.6 Å². The summed E-state index contributed by atoms with van der Waals surface area (Å²) in [6.07, 6.45) is 4.06. The highest BCUT2D eigenvalue weighted by Crippen LogP contribution is 2.22. The number of hydrogen-bond donors (Lipinski definition) is 0. The van der Waals surface area contributed by atoms with Gasteiger partial charge in [0.2, 0.25) is 0 Å². The summed E-state index contributed by atoms with van der Waals surface area (Å²) in [5.74, 6) is 0.749. The molecule has 0 fully saturated rings. The maximum absolute atomic E-state index is 6.11. The number of nitrogens with zero attached hydrogens (tertiary/aromatic N) is 4. The summed E-state index contributed by atoms with van der Waals surface area (Å²) in [6.45, 7) is 2.03. The number of aromatic nitrogens is 4. The highest BCUT2D eigenvalue weighted by molar-refractivity contribution is 6.30. The van der Waals surface area contributed by atoms with E-state index in [2.05, 4.69) is 15.1 Å². The van der Waals surface area contributed by atoms with Crippen LogP contribution in [0.3, 0.4) is 0 Å². The smallest absolute Gasteiger partial charge is 0.162 e. The third-order valence-corrected chi connectivity index (χ3v) is 3.23. The molecule has 4 nitrogen and oxygen atoms in total. The SMILES string of the molecule is CCc1c(Cl)ncnc1-n1ncc2ccccc21. The molecular formula is C13H11ClN4. The lowest BCUT2D eigenvalue weighted by Crippen LogP contribution is -2.05. The molecule has 0 atom stereocenters. The van der Waals surface area contributed by atoms with Gasteiger partial charge < -0.3 is 0 Å². The lowest BCUT2D eigenvalue weighted by Gasteiger charge is -2.08. The van der Waals surface area contributed by atoms with E-state index < -0.39 is 0 Å². The summed E-state index contributed by atoms with van der Waals surface area (Å²) in [6, 6.07) is 8.00. The Morgan fingerprint density at radius 3 is 2.89 bits per heavy atom. The summed E-state index contributed by atoms with van der Waals surface area (Å²) in [5.41, 5.74) is 1.93. The molecule has 2 heterocycles. The average molecular weight is 259 g/mol. The Labute approximate surface area is 109 Å². The van der Waals surface area contributed by atoms with E-state index in [-0.39, 0.29) is 0 Å². The molecule has 1 aromatic carbocycles. The van der Waals surface area contributed by atoms with Crippen LogP contribution in [0.1, 0.15) is 12.5 Å². The number of hydrogen-bond acceptors (Lipinski definition) is 3. The Kier molecular flexibility index (Phi) is 2.72. The van der Waals surface area contributed by atoms with Gasteiger partial charge in [-0.1, -0.05) is 36.7 Å². The molecule has 5 heteroatoms. The van der Waals surface area contributed by atoms with Crippen LogP contribution in [0.2, 0.25) is 5.15 Å². The molecule has 0 aliphatic carbocycles. The Hall–Kier alpha value is -1.94. The van der Waals surface area contributed by atoms with Crippen molar-refractivity contribution in [2.75, 3.05) is 0 Å². The van der Waals surface area contributed by atoms with Gasteiger partial charge in [0.1, 0.15) is 11.5 Å². The van der Waals surface area contributed by atoms with E-state index in [1.54, 1.807) is 0 Å². The number of para-hydroxylation sites is 1. The first-order valence-corrected chi connectivity index (χ1v) is 6.11. The molecule has 0 saturated carbocycles. The van der Waals surface area contributed by atoms with Crippen LogP contribution in [-0.2, 0) is 6.42 Å². The average Bonchev–Trinajstić information content (AvgIpc) is 2.82. The van der Waals surface area contributed by atoms with E-state index in [4.69, 9.17) is 11.6 Å². The van der Waals surface area contributed by atoms with Gasteiger partial charge in [0.25, 0.3) is 0 Å². The summed E-state index contributed by atoms with van der Waals surface area (Å²) in [5, 5.41) is 5.95. The van der Waals surface area contributed by atoms with E-state index in [9.17, 15) is 0 Å². The van der Waals surface area contributed by atoms with E-state index in [1.807, 2.05) is 42.1 Å². The largest absolute Gasteiger partial charge is 0.224 e. The predicted octanol–water partition coefficient (Wildman–Crippen LogP) is 3.03. The van der Waals surface area contributed by atoms with Crippen molar-refractivity contribution < 1.29 is 0 Å². The summed E-state index contributed by atoms with van der Waals surface area (Å²) in [7, 11) is 0. The number of fused-ring (bicyclic) bond motifs is 1. The molecule has 0 spiro atoms. The summed E-state index contributed by atoms with van der Waals surface area (Å²) < 4.78 is 1.81. The molecule has 18 heavy (non-hydrogen) atoms. The Balaban J connectivity index is 2.30. The van der Waals surface area contributed by atoms with Crippen molar-refractivity contribution in [3.63, 3.8) is 0 Å². The highest BCUT2D eigenvalue weighted by Gasteiger charge is 2.12. The zero-order valence-corrected chi connectivity index (χ0v) is 10.6. The number of rotatable bonds is 2. The van der Waals surface area contributed by atoms with Crippen molar-refractivity contribution in [3.05, 3.63) is 47.5 Å². The third-order valence-electron chi connectivity index (χ3n) is 2.90. The molecule has 0 aliphatic rings. The molecular weight excluding hydrogens is 248 g/mol. The Morgan fingerprint density at radius 1 is 1.22 bits per heavy atom. The van der Waals surface area contributed by atoms with Gasteiger partial charge in [0.05, 0.1) is 11.7 Å². The highest BCUT2D eigenvalue weighted by atomic mass is 35.5. The minimum absolute atomic E-state index is 0.488. The van der Waals surface area contributed by atoms with E-state index in [1.165, 1.54) is 6.33 Å². The maximum Gasteiger partial charge on any atom is 0.162 e. The molecule has 0 aliphatic heterocycles. The molecule has 0 saturated heterocycles. The van der Waals surface area contributed by atoms with Gasteiger partial charge in [0.15, 0.2) is 5.82 Å². The molecule has 90 valence electrons. The Bertz CT molecular complexity index is 705. The van der Waals surface area contributed by atoms with Crippen LogP contribution >= 0.6 is 11.6 Å². The first-order chi connectivity index (χ1) is 8.81. The van der Waals surface area contributed by atoms with Crippen molar-refractivity contribution >= 4 is 22.5 Å². The second-order valence-corrected chi connectivity index (χ2v) is 4.29. The van der Waals surface area contributed by atoms with Gasteiger partial charge in [-0.2, -0.15) is 5.10 Å². The quantitative estimate of drug-likeness (QED) is 0.664. The van der Waals surface area contributed by atoms with Crippen molar-refractivity contribution in [1.82, 2.24) is 19.7 Å². The van der Waals surface area contributed by atoms with Crippen LogP contribution in [0.25, 0.3) is 16.7 Å².